The molecule has 1 aromatic rings. The van der Waals surface area contributed by atoms with Gasteiger partial charge in [-0.25, -0.2) is 14.4 Å². The number of nitrogens with one attached hydrogen (secondary N) is 1. The average molecular weight is 406 g/mol. The number of carbonyl (C=O) groups excluding carboxylic acids is 2. The quantitative estimate of drug-likeness (QED) is 0.763. The van der Waals surface area contributed by atoms with Crippen LogP contribution >= 0.6 is 0 Å². The third kappa shape index (κ3) is 6.37. The first kappa shape index (κ1) is 22.5. The topological polar surface area (TPSA) is 105 Å². The summed E-state index contributed by atoms with van der Waals surface area (Å²) >= 11 is 0. The van der Waals surface area contributed by atoms with Crippen molar-refractivity contribution in [2.24, 2.45) is 5.92 Å². The second-order valence-electron chi connectivity index (χ2n) is 8.54. The summed E-state index contributed by atoms with van der Waals surface area (Å²) in [6, 6.07) is 6.13. The molecule has 0 aromatic heterocycles. The van der Waals surface area contributed by atoms with Gasteiger partial charge in [0.1, 0.15) is 17.7 Å². The number of para-hydroxylation sites is 1. The molecule has 29 heavy (non-hydrogen) atoms. The minimum atomic E-state index is -1.10. The molecule has 0 fully saturated rings. The fourth-order valence-electron chi connectivity index (χ4n) is 3.16. The van der Waals surface area contributed by atoms with Gasteiger partial charge in [0.15, 0.2) is 0 Å². The number of nitrogens with zero attached hydrogens (tertiary/aromatic N) is 1. The molecule has 0 saturated carbocycles. The van der Waals surface area contributed by atoms with Crippen LogP contribution < -0.4 is 10.2 Å². The van der Waals surface area contributed by atoms with E-state index in [1.807, 2.05) is 13.8 Å². The highest BCUT2D eigenvalue weighted by Crippen LogP contribution is 2.36. The molecular weight excluding hydrogens is 376 g/mol. The Balaban J connectivity index is 2.12. The number of hydrogen-bond donors (Lipinski definition) is 2. The molecule has 1 aliphatic rings. The SMILES string of the molecule is CC(C)C[C@H](NC(=O)OC1CCN(C(=O)OC(C)(C)C)c2ccccc21)C(=O)O. The van der Waals surface area contributed by atoms with Crippen LogP contribution in [-0.2, 0) is 14.3 Å². The molecule has 0 radical (unpaired) electrons. The smallest absolute Gasteiger partial charge is 0.414 e. The predicted molar refractivity (Wildman–Crippen MR) is 108 cm³/mol. The molecule has 0 saturated heterocycles. The van der Waals surface area contributed by atoms with Gasteiger partial charge in [-0.2, -0.15) is 0 Å². The lowest BCUT2D eigenvalue weighted by atomic mass is 9.99. The number of carboxylic acid groups (broad SMARTS) is 1. The zero-order valence-corrected chi connectivity index (χ0v) is 17.6. The summed E-state index contributed by atoms with van der Waals surface area (Å²) in [4.78, 5) is 37.8. The molecule has 8 nitrogen and oxygen atoms in total. The molecule has 8 heteroatoms. The zero-order chi connectivity index (χ0) is 21.8. The molecule has 2 N–H and O–H groups in total. The van der Waals surface area contributed by atoms with Gasteiger partial charge in [0.25, 0.3) is 0 Å². The second-order valence-corrected chi connectivity index (χ2v) is 8.54. The first-order valence-electron chi connectivity index (χ1n) is 9.77. The van der Waals surface area contributed by atoms with Crippen molar-refractivity contribution in [1.29, 1.82) is 0 Å². The van der Waals surface area contributed by atoms with Crippen LogP contribution in [-0.4, -0.2) is 41.4 Å². The van der Waals surface area contributed by atoms with Crippen LogP contribution in [0.15, 0.2) is 24.3 Å². The number of benzene rings is 1. The maximum Gasteiger partial charge on any atom is 0.414 e. The van der Waals surface area contributed by atoms with E-state index >= 15 is 0 Å². The summed E-state index contributed by atoms with van der Waals surface area (Å²) in [7, 11) is 0. The highest BCUT2D eigenvalue weighted by atomic mass is 16.6. The van der Waals surface area contributed by atoms with E-state index in [4.69, 9.17) is 9.47 Å². The Morgan fingerprint density at radius 2 is 1.90 bits per heavy atom. The van der Waals surface area contributed by atoms with E-state index in [0.29, 0.717) is 30.6 Å². The van der Waals surface area contributed by atoms with Gasteiger partial charge in [0.2, 0.25) is 0 Å². The normalized spacial score (nSPS) is 17.3. The molecular formula is C21H30N2O6. The second kappa shape index (κ2) is 9.15. The number of anilines is 1. The van der Waals surface area contributed by atoms with E-state index in [2.05, 4.69) is 5.32 Å². The summed E-state index contributed by atoms with van der Waals surface area (Å²) in [6.45, 7) is 9.47. The number of carbonyl (C=O) groups is 3. The lowest BCUT2D eigenvalue weighted by Gasteiger charge is -2.35. The molecule has 0 bridgehead atoms. The highest BCUT2D eigenvalue weighted by Gasteiger charge is 2.33. The van der Waals surface area contributed by atoms with Gasteiger partial charge in [-0.3, -0.25) is 4.90 Å². The molecule has 2 rings (SSSR count). The Bertz CT molecular complexity index is 756. The van der Waals surface area contributed by atoms with Gasteiger partial charge in [-0.1, -0.05) is 32.0 Å². The Hall–Kier alpha value is -2.77. The number of fused-ring (bicyclic) bond motifs is 1. The van der Waals surface area contributed by atoms with Crippen molar-refractivity contribution in [1.82, 2.24) is 5.32 Å². The third-order valence-corrected chi connectivity index (χ3v) is 4.35. The number of aliphatic carboxylic acids is 1. The molecule has 160 valence electrons. The Kier molecular flexibility index (Phi) is 7.11. The minimum Gasteiger partial charge on any atom is -0.480 e. The van der Waals surface area contributed by atoms with Gasteiger partial charge in [0, 0.05) is 18.5 Å². The largest absolute Gasteiger partial charge is 0.480 e. The van der Waals surface area contributed by atoms with Crippen LogP contribution in [0.4, 0.5) is 15.3 Å². The fourth-order valence-corrected chi connectivity index (χ4v) is 3.16. The third-order valence-electron chi connectivity index (χ3n) is 4.35. The molecule has 2 atom stereocenters. The monoisotopic (exact) mass is 406 g/mol. The molecule has 0 spiro atoms. The number of carboxylic acids is 1. The van der Waals surface area contributed by atoms with Crippen LogP contribution in [0.5, 0.6) is 0 Å². The predicted octanol–water partition coefficient (Wildman–Crippen LogP) is 4.10. The maximum atomic E-state index is 12.5. The molecule has 1 aliphatic heterocycles. The van der Waals surface area contributed by atoms with E-state index in [1.54, 1.807) is 45.0 Å². The summed E-state index contributed by atoms with van der Waals surface area (Å²) in [5.74, 6) is -0.995. The van der Waals surface area contributed by atoms with Crippen LogP contribution in [0.3, 0.4) is 0 Å². The summed E-state index contributed by atoms with van der Waals surface area (Å²) in [5.41, 5.74) is 0.667. The number of ether oxygens (including phenoxy) is 2. The lowest BCUT2D eigenvalue weighted by molar-refractivity contribution is -0.139. The fraction of sp³-hybridized carbons (Fsp3) is 0.571. The van der Waals surface area contributed by atoms with E-state index in [0.717, 1.165) is 0 Å². The van der Waals surface area contributed by atoms with Gasteiger partial charge in [-0.05, 0) is 39.2 Å². The minimum absolute atomic E-state index is 0.106. The molecule has 2 amide bonds. The first-order chi connectivity index (χ1) is 13.5. The van der Waals surface area contributed by atoms with Crippen molar-refractivity contribution in [2.45, 2.75) is 65.2 Å². The maximum absolute atomic E-state index is 12.5. The Morgan fingerprint density at radius 1 is 1.24 bits per heavy atom. The van der Waals surface area contributed by atoms with Crippen LogP contribution in [0.1, 0.15) is 59.1 Å². The first-order valence-corrected chi connectivity index (χ1v) is 9.77. The van der Waals surface area contributed by atoms with Crippen molar-refractivity contribution < 1.29 is 29.0 Å². The zero-order valence-electron chi connectivity index (χ0n) is 17.6. The van der Waals surface area contributed by atoms with Crippen molar-refractivity contribution >= 4 is 23.8 Å². The Labute approximate surface area is 171 Å². The molecule has 1 aromatic carbocycles. The van der Waals surface area contributed by atoms with E-state index < -0.39 is 35.9 Å². The molecule has 0 aliphatic carbocycles. The molecule has 1 unspecified atom stereocenters. The van der Waals surface area contributed by atoms with Gasteiger partial charge in [-0.15, -0.1) is 0 Å². The summed E-state index contributed by atoms with van der Waals surface area (Å²) in [6.07, 6.45) is -1.15. The van der Waals surface area contributed by atoms with E-state index in [-0.39, 0.29) is 5.92 Å². The van der Waals surface area contributed by atoms with Crippen LogP contribution in [0, 0.1) is 5.92 Å². The van der Waals surface area contributed by atoms with E-state index in [1.165, 1.54) is 4.90 Å². The van der Waals surface area contributed by atoms with Gasteiger partial charge < -0.3 is 19.9 Å². The average Bonchev–Trinajstić information content (AvgIpc) is 2.59. The van der Waals surface area contributed by atoms with Crippen molar-refractivity contribution in [3.05, 3.63) is 29.8 Å². The molecule has 1 heterocycles. The summed E-state index contributed by atoms with van der Waals surface area (Å²) in [5, 5.41) is 11.7. The lowest BCUT2D eigenvalue weighted by Crippen LogP contribution is -2.44. The number of amides is 2. The standard InChI is InChI=1S/C21H30N2O6/c1-13(2)12-15(18(24)25)22-19(26)28-17-10-11-23(20(27)29-21(3,4)5)16-9-7-6-8-14(16)17/h6-9,13,15,17H,10-12H2,1-5H3,(H,22,26)(H,24,25)/t15-,17?/m0/s1. The van der Waals surface area contributed by atoms with Crippen molar-refractivity contribution in [3.63, 3.8) is 0 Å². The van der Waals surface area contributed by atoms with E-state index in [9.17, 15) is 19.5 Å². The van der Waals surface area contributed by atoms with Gasteiger partial charge in [0.05, 0.1) is 5.69 Å². The van der Waals surface area contributed by atoms with Gasteiger partial charge >= 0.3 is 18.2 Å². The number of rotatable bonds is 5. The number of alkyl carbamates (subject to hydrolysis) is 1. The number of hydrogen-bond acceptors (Lipinski definition) is 5. The highest BCUT2D eigenvalue weighted by molar-refractivity contribution is 5.89. The van der Waals surface area contributed by atoms with Crippen LogP contribution in [0.2, 0.25) is 0 Å². The summed E-state index contributed by atoms with van der Waals surface area (Å²) < 4.78 is 11.0. The van der Waals surface area contributed by atoms with Crippen molar-refractivity contribution in [2.75, 3.05) is 11.4 Å². The Morgan fingerprint density at radius 3 is 2.48 bits per heavy atom. The van der Waals surface area contributed by atoms with Crippen molar-refractivity contribution in [3.8, 4) is 0 Å². The van der Waals surface area contributed by atoms with Crippen LogP contribution in [0.25, 0.3) is 0 Å².